The highest BCUT2D eigenvalue weighted by molar-refractivity contribution is 7.17. The summed E-state index contributed by atoms with van der Waals surface area (Å²) in [7, 11) is 1.37. The SMILES string of the molecule is COC(=O)c1c(NC(=O)c2ccc3c(=O)n4c(nc3c2)CCCCC4)sc2c1CCCCC2. The van der Waals surface area contributed by atoms with Crippen molar-refractivity contribution in [3.05, 3.63) is 55.9 Å². The number of carbonyl (C=O) groups is 2. The van der Waals surface area contributed by atoms with Gasteiger partial charge >= 0.3 is 5.97 Å². The summed E-state index contributed by atoms with van der Waals surface area (Å²) in [5.41, 5.74) is 2.40. The number of aryl methyl sites for hydroxylation is 2. The van der Waals surface area contributed by atoms with Crippen molar-refractivity contribution in [2.75, 3.05) is 12.4 Å². The van der Waals surface area contributed by atoms with Gasteiger partial charge in [0.05, 0.1) is 23.6 Å². The van der Waals surface area contributed by atoms with Crippen LogP contribution < -0.4 is 10.9 Å². The molecular weight excluding hydrogens is 438 g/mol. The van der Waals surface area contributed by atoms with Crippen molar-refractivity contribution >= 4 is 39.1 Å². The number of carbonyl (C=O) groups excluding carboxylic acids is 2. The van der Waals surface area contributed by atoms with Crippen LogP contribution in [0.15, 0.2) is 23.0 Å². The smallest absolute Gasteiger partial charge is 0.341 e. The number of hydrogen-bond donors (Lipinski definition) is 1. The maximum absolute atomic E-state index is 13.2. The first-order chi connectivity index (χ1) is 16.1. The van der Waals surface area contributed by atoms with Crippen LogP contribution in [0.1, 0.15) is 75.5 Å². The Kier molecular flexibility index (Phi) is 6.01. The molecule has 0 fully saturated rings. The largest absolute Gasteiger partial charge is 0.465 e. The van der Waals surface area contributed by atoms with E-state index in [1.165, 1.54) is 18.4 Å². The van der Waals surface area contributed by atoms with Crippen molar-refractivity contribution in [2.24, 2.45) is 0 Å². The lowest BCUT2D eigenvalue weighted by Gasteiger charge is -2.11. The normalized spacial score (nSPS) is 15.8. The maximum atomic E-state index is 13.2. The minimum absolute atomic E-state index is 0.0427. The second-order valence-corrected chi connectivity index (χ2v) is 9.85. The molecule has 0 saturated heterocycles. The Morgan fingerprint density at radius 2 is 1.85 bits per heavy atom. The number of aromatic nitrogens is 2. The van der Waals surface area contributed by atoms with E-state index in [0.717, 1.165) is 74.1 Å². The highest BCUT2D eigenvalue weighted by atomic mass is 32.1. The number of thiophene rings is 1. The van der Waals surface area contributed by atoms with E-state index in [-0.39, 0.29) is 11.5 Å². The second kappa shape index (κ2) is 9.09. The molecule has 33 heavy (non-hydrogen) atoms. The van der Waals surface area contributed by atoms with Gasteiger partial charge in [0, 0.05) is 23.4 Å². The average Bonchev–Trinajstić information content (AvgIpc) is 3.00. The van der Waals surface area contributed by atoms with Crippen LogP contribution in [0.25, 0.3) is 10.9 Å². The van der Waals surface area contributed by atoms with Gasteiger partial charge in [-0.3, -0.25) is 14.2 Å². The van der Waals surface area contributed by atoms with Crippen molar-refractivity contribution < 1.29 is 14.3 Å². The Hall–Kier alpha value is -3.00. The number of rotatable bonds is 3. The summed E-state index contributed by atoms with van der Waals surface area (Å²) in [6, 6.07) is 5.01. The van der Waals surface area contributed by atoms with Gasteiger partial charge in [-0.05, 0) is 62.3 Å². The Morgan fingerprint density at radius 1 is 1.06 bits per heavy atom. The van der Waals surface area contributed by atoms with Crippen LogP contribution in [-0.2, 0) is 30.5 Å². The lowest BCUT2D eigenvalue weighted by molar-refractivity contribution is 0.0601. The molecule has 5 rings (SSSR count). The molecule has 8 heteroatoms. The lowest BCUT2D eigenvalue weighted by Crippen LogP contribution is -2.24. The molecule has 1 amide bonds. The monoisotopic (exact) mass is 465 g/mol. The van der Waals surface area contributed by atoms with E-state index < -0.39 is 5.97 Å². The van der Waals surface area contributed by atoms with Crippen LogP contribution in [0, 0.1) is 0 Å². The third-order valence-electron chi connectivity index (χ3n) is 6.62. The zero-order valence-electron chi connectivity index (χ0n) is 18.7. The Bertz CT molecular complexity index is 1310. The van der Waals surface area contributed by atoms with Crippen molar-refractivity contribution in [3.63, 3.8) is 0 Å². The van der Waals surface area contributed by atoms with Crippen LogP contribution in [-0.4, -0.2) is 28.5 Å². The van der Waals surface area contributed by atoms with Crippen LogP contribution in [0.5, 0.6) is 0 Å². The fourth-order valence-corrected chi connectivity index (χ4v) is 6.16. The number of nitrogens with one attached hydrogen (secondary N) is 1. The number of benzene rings is 1. The molecule has 1 aliphatic carbocycles. The molecule has 3 heterocycles. The van der Waals surface area contributed by atoms with Crippen LogP contribution >= 0.6 is 11.3 Å². The molecule has 1 N–H and O–H groups in total. The lowest BCUT2D eigenvalue weighted by atomic mass is 10.1. The summed E-state index contributed by atoms with van der Waals surface area (Å²) >= 11 is 1.47. The molecule has 1 aromatic carbocycles. The summed E-state index contributed by atoms with van der Waals surface area (Å²) in [6.45, 7) is 0.693. The van der Waals surface area contributed by atoms with E-state index in [2.05, 4.69) is 5.32 Å². The third kappa shape index (κ3) is 4.08. The molecule has 172 valence electrons. The minimum Gasteiger partial charge on any atom is -0.465 e. The van der Waals surface area contributed by atoms with Crippen molar-refractivity contribution in [3.8, 4) is 0 Å². The van der Waals surface area contributed by atoms with E-state index in [1.54, 1.807) is 22.8 Å². The quantitative estimate of drug-likeness (QED) is 0.455. The number of esters is 1. The van der Waals surface area contributed by atoms with Gasteiger partial charge in [-0.1, -0.05) is 12.8 Å². The molecule has 0 unspecified atom stereocenters. The van der Waals surface area contributed by atoms with Crippen molar-refractivity contribution in [2.45, 2.75) is 64.3 Å². The molecule has 0 radical (unpaired) electrons. The van der Waals surface area contributed by atoms with Gasteiger partial charge in [-0.15, -0.1) is 11.3 Å². The first-order valence-electron chi connectivity index (χ1n) is 11.6. The second-order valence-electron chi connectivity index (χ2n) is 8.74. The molecule has 0 atom stereocenters. The topological polar surface area (TPSA) is 90.3 Å². The Labute approximate surface area is 195 Å². The summed E-state index contributed by atoms with van der Waals surface area (Å²) in [6.07, 6.45) is 8.82. The van der Waals surface area contributed by atoms with Gasteiger partial charge in [0.1, 0.15) is 10.8 Å². The van der Waals surface area contributed by atoms with Crippen LogP contribution in [0.2, 0.25) is 0 Å². The van der Waals surface area contributed by atoms with E-state index in [9.17, 15) is 14.4 Å². The standard InChI is InChI=1S/C25H27N3O4S/c1-32-25(31)21-17-8-4-2-5-9-19(17)33-23(21)27-22(29)15-11-12-16-18(14-15)26-20-10-6-3-7-13-28(20)24(16)30/h11-12,14H,2-10,13H2,1H3,(H,27,29). The predicted molar refractivity (Wildman–Crippen MR) is 128 cm³/mol. The predicted octanol–water partition coefficient (Wildman–Crippen LogP) is 4.49. The number of ether oxygens (including phenoxy) is 1. The highest BCUT2D eigenvalue weighted by Gasteiger charge is 2.26. The first-order valence-corrected chi connectivity index (χ1v) is 12.5. The van der Waals surface area contributed by atoms with Crippen LogP contribution in [0.3, 0.4) is 0 Å². The number of nitrogens with zero attached hydrogens (tertiary/aromatic N) is 2. The van der Waals surface area contributed by atoms with Crippen LogP contribution in [0.4, 0.5) is 5.00 Å². The molecular formula is C25H27N3O4S. The van der Waals surface area contributed by atoms with Gasteiger partial charge in [-0.2, -0.15) is 0 Å². The van der Waals surface area contributed by atoms with Gasteiger partial charge < -0.3 is 10.1 Å². The molecule has 0 spiro atoms. The van der Waals surface area contributed by atoms with E-state index in [0.29, 0.717) is 33.6 Å². The maximum Gasteiger partial charge on any atom is 0.341 e. The summed E-state index contributed by atoms with van der Waals surface area (Å²) in [4.78, 5) is 44.6. The molecule has 2 aliphatic rings. The Morgan fingerprint density at radius 3 is 2.70 bits per heavy atom. The van der Waals surface area contributed by atoms with Crippen molar-refractivity contribution in [1.82, 2.24) is 9.55 Å². The molecule has 3 aromatic rings. The van der Waals surface area contributed by atoms with E-state index in [4.69, 9.17) is 9.72 Å². The van der Waals surface area contributed by atoms with Gasteiger partial charge in [0.2, 0.25) is 0 Å². The van der Waals surface area contributed by atoms with E-state index in [1.807, 2.05) is 0 Å². The number of fused-ring (bicyclic) bond motifs is 3. The Balaban J connectivity index is 1.50. The van der Waals surface area contributed by atoms with Gasteiger partial charge in [0.25, 0.3) is 11.5 Å². The highest BCUT2D eigenvalue weighted by Crippen LogP contribution is 2.38. The summed E-state index contributed by atoms with van der Waals surface area (Å²) < 4.78 is 6.81. The zero-order valence-corrected chi connectivity index (χ0v) is 19.6. The molecule has 1 aliphatic heterocycles. The average molecular weight is 466 g/mol. The number of hydrogen-bond acceptors (Lipinski definition) is 6. The van der Waals surface area contributed by atoms with E-state index >= 15 is 0 Å². The molecule has 7 nitrogen and oxygen atoms in total. The zero-order chi connectivity index (χ0) is 22.9. The number of methoxy groups -OCH3 is 1. The summed E-state index contributed by atoms with van der Waals surface area (Å²) in [5.74, 6) is 0.0495. The molecule has 0 saturated carbocycles. The first kappa shape index (κ1) is 21.8. The summed E-state index contributed by atoms with van der Waals surface area (Å²) in [5, 5.41) is 4.00. The third-order valence-corrected chi connectivity index (χ3v) is 7.82. The fraction of sp³-hybridized carbons (Fsp3) is 0.440. The van der Waals surface area contributed by atoms with Gasteiger partial charge in [0.15, 0.2) is 0 Å². The minimum atomic E-state index is -0.416. The number of amides is 1. The molecule has 0 bridgehead atoms. The number of anilines is 1. The fourth-order valence-electron chi connectivity index (χ4n) is 4.88. The molecule has 2 aromatic heterocycles. The van der Waals surface area contributed by atoms with Gasteiger partial charge in [-0.25, -0.2) is 9.78 Å². The van der Waals surface area contributed by atoms with Crippen molar-refractivity contribution in [1.29, 1.82) is 0 Å².